The zero-order valence-electron chi connectivity index (χ0n) is 10.4. The lowest BCUT2D eigenvalue weighted by atomic mass is 9.83. The minimum Gasteiger partial charge on any atom is -0.327 e. The number of amides is 1. The zero-order chi connectivity index (χ0) is 13.0. The van der Waals surface area contributed by atoms with Gasteiger partial charge in [-0.25, -0.2) is 0 Å². The Labute approximate surface area is 122 Å². The largest absolute Gasteiger partial charge is 0.327 e. The molecule has 2 unspecified atom stereocenters. The van der Waals surface area contributed by atoms with E-state index in [-0.39, 0.29) is 11.9 Å². The van der Waals surface area contributed by atoms with Crippen molar-refractivity contribution in [3.8, 4) is 0 Å². The third kappa shape index (κ3) is 3.95. The molecule has 1 amide bonds. The molecule has 4 heteroatoms. The van der Waals surface area contributed by atoms with Gasteiger partial charge in [-0.05, 0) is 59.5 Å². The molecule has 2 atom stereocenters. The highest BCUT2D eigenvalue weighted by Crippen LogP contribution is 2.26. The molecule has 1 aromatic carbocycles. The normalized spacial score (nSPS) is 23.7. The van der Waals surface area contributed by atoms with E-state index in [0.717, 1.165) is 22.1 Å². The molecule has 0 bridgehead atoms. The molecule has 18 heavy (non-hydrogen) atoms. The van der Waals surface area contributed by atoms with Crippen LogP contribution in [0.15, 0.2) is 24.3 Å². The van der Waals surface area contributed by atoms with Gasteiger partial charge < -0.3 is 11.1 Å². The first kappa shape index (κ1) is 13.8. The van der Waals surface area contributed by atoms with Crippen LogP contribution in [0.4, 0.5) is 5.69 Å². The first-order valence-corrected chi connectivity index (χ1v) is 7.54. The maximum Gasteiger partial charge on any atom is 0.224 e. The van der Waals surface area contributed by atoms with Gasteiger partial charge in [0.25, 0.3) is 0 Å². The topological polar surface area (TPSA) is 55.1 Å². The lowest BCUT2D eigenvalue weighted by Gasteiger charge is -2.27. The molecule has 1 aliphatic carbocycles. The number of rotatable bonds is 3. The minimum atomic E-state index is 0.0827. The number of hydrogen-bond donors (Lipinski definition) is 2. The van der Waals surface area contributed by atoms with Crippen LogP contribution in [0.25, 0.3) is 0 Å². The average molecular weight is 358 g/mol. The Balaban J connectivity index is 1.88. The van der Waals surface area contributed by atoms with E-state index in [1.54, 1.807) is 0 Å². The molecule has 98 valence electrons. The lowest BCUT2D eigenvalue weighted by Crippen LogP contribution is -2.35. The second-order valence-corrected chi connectivity index (χ2v) is 6.22. The van der Waals surface area contributed by atoms with Gasteiger partial charge in [0.05, 0.1) is 0 Å². The summed E-state index contributed by atoms with van der Waals surface area (Å²) in [6, 6.07) is 8.04. The molecule has 1 aliphatic rings. The first-order chi connectivity index (χ1) is 8.65. The van der Waals surface area contributed by atoms with Crippen molar-refractivity contribution in [3.05, 3.63) is 27.8 Å². The van der Waals surface area contributed by atoms with Crippen LogP contribution < -0.4 is 11.1 Å². The average Bonchev–Trinajstić information content (AvgIpc) is 2.32. The Morgan fingerprint density at radius 3 is 2.89 bits per heavy atom. The van der Waals surface area contributed by atoms with Gasteiger partial charge in [0.1, 0.15) is 0 Å². The summed E-state index contributed by atoms with van der Waals surface area (Å²) in [5.41, 5.74) is 6.94. The Morgan fingerprint density at radius 1 is 1.39 bits per heavy atom. The van der Waals surface area contributed by atoms with Crippen molar-refractivity contribution in [2.45, 2.75) is 38.1 Å². The van der Waals surface area contributed by atoms with Crippen molar-refractivity contribution in [2.75, 3.05) is 5.32 Å². The van der Waals surface area contributed by atoms with Gasteiger partial charge >= 0.3 is 0 Å². The highest BCUT2D eigenvalue weighted by molar-refractivity contribution is 14.1. The number of benzene rings is 1. The third-order valence-electron chi connectivity index (χ3n) is 3.52. The molecule has 0 aliphatic heterocycles. The van der Waals surface area contributed by atoms with Crippen LogP contribution in [-0.2, 0) is 4.79 Å². The Kier molecular flexibility index (Phi) is 5.00. The molecule has 0 radical (unpaired) electrons. The molecule has 0 heterocycles. The second-order valence-electron chi connectivity index (χ2n) is 4.97. The quantitative estimate of drug-likeness (QED) is 0.816. The van der Waals surface area contributed by atoms with E-state index in [2.05, 4.69) is 27.9 Å². The molecule has 1 fully saturated rings. The maximum absolute atomic E-state index is 12.0. The number of carbonyl (C=O) groups is 1. The summed E-state index contributed by atoms with van der Waals surface area (Å²) in [6.07, 6.45) is 5.10. The molecule has 0 spiro atoms. The number of nitrogens with two attached hydrogens (primary N) is 1. The van der Waals surface area contributed by atoms with Crippen LogP contribution >= 0.6 is 22.6 Å². The predicted octanol–water partition coefficient (Wildman–Crippen LogP) is 3.14. The van der Waals surface area contributed by atoms with Crippen molar-refractivity contribution in [1.29, 1.82) is 0 Å². The van der Waals surface area contributed by atoms with Gasteiger partial charge in [0, 0.05) is 21.7 Å². The molecule has 1 saturated carbocycles. The Bertz CT molecular complexity index is 422. The van der Waals surface area contributed by atoms with E-state index in [9.17, 15) is 4.79 Å². The van der Waals surface area contributed by atoms with Crippen LogP contribution in [0.3, 0.4) is 0 Å². The number of hydrogen-bond acceptors (Lipinski definition) is 2. The maximum atomic E-state index is 12.0. The predicted molar refractivity (Wildman–Crippen MR) is 82.3 cm³/mol. The standard InChI is InChI=1S/C14H19IN2O/c15-11-5-3-6-12(9-11)17-14(18)8-10-4-1-2-7-13(10)16/h3,5-6,9-10,13H,1-2,4,7-8,16H2,(H,17,18). The molecule has 0 aromatic heterocycles. The highest BCUT2D eigenvalue weighted by atomic mass is 127. The lowest BCUT2D eigenvalue weighted by molar-refractivity contribution is -0.117. The number of carbonyl (C=O) groups excluding carboxylic acids is 1. The Hall–Kier alpha value is -0.620. The van der Waals surface area contributed by atoms with Crippen molar-refractivity contribution in [2.24, 2.45) is 11.7 Å². The van der Waals surface area contributed by atoms with Crippen LogP contribution in [0.2, 0.25) is 0 Å². The van der Waals surface area contributed by atoms with E-state index in [4.69, 9.17) is 5.73 Å². The smallest absolute Gasteiger partial charge is 0.224 e. The van der Waals surface area contributed by atoms with Gasteiger partial charge in [-0.1, -0.05) is 18.9 Å². The van der Waals surface area contributed by atoms with Crippen molar-refractivity contribution in [3.63, 3.8) is 0 Å². The summed E-state index contributed by atoms with van der Waals surface area (Å²) >= 11 is 2.24. The van der Waals surface area contributed by atoms with Gasteiger partial charge in [-0.2, -0.15) is 0 Å². The zero-order valence-corrected chi connectivity index (χ0v) is 12.5. The molecule has 0 saturated heterocycles. The van der Waals surface area contributed by atoms with Gasteiger partial charge in [0.15, 0.2) is 0 Å². The van der Waals surface area contributed by atoms with E-state index in [0.29, 0.717) is 12.3 Å². The van der Waals surface area contributed by atoms with Crippen molar-refractivity contribution >= 4 is 34.2 Å². The minimum absolute atomic E-state index is 0.0827. The van der Waals surface area contributed by atoms with E-state index >= 15 is 0 Å². The Morgan fingerprint density at radius 2 is 2.17 bits per heavy atom. The number of halogens is 1. The number of anilines is 1. The van der Waals surface area contributed by atoms with E-state index in [1.807, 2.05) is 24.3 Å². The fourth-order valence-corrected chi connectivity index (χ4v) is 3.05. The molecular formula is C14H19IN2O. The van der Waals surface area contributed by atoms with Crippen molar-refractivity contribution in [1.82, 2.24) is 0 Å². The SMILES string of the molecule is NC1CCCCC1CC(=O)Nc1cccc(I)c1. The van der Waals surface area contributed by atoms with E-state index in [1.165, 1.54) is 12.8 Å². The molecule has 3 N–H and O–H groups in total. The van der Waals surface area contributed by atoms with Crippen LogP contribution in [0.1, 0.15) is 32.1 Å². The van der Waals surface area contributed by atoms with Crippen molar-refractivity contribution < 1.29 is 4.79 Å². The summed E-state index contributed by atoms with van der Waals surface area (Å²) in [4.78, 5) is 12.0. The summed E-state index contributed by atoms with van der Waals surface area (Å²) in [7, 11) is 0. The monoisotopic (exact) mass is 358 g/mol. The van der Waals surface area contributed by atoms with Gasteiger partial charge in [-0.15, -0.1) is 0 Å². The molecule has 2 rings (SSSR count). The van der Waals surface area contributed by atoms with Gasteiger partial charge in [0.2, 0.25) is 5.91 Å². The summed E-state index contributed by atoms with van der Waals surface area (Å²) < 4.78 is 1.12. The molecular weight excluding hydrogens is 339 g/mol. The fourth-order valence-electron chi connectivity index (χ4n) is 2.51. The summed E-state index contributed by atoms with van der Waals surface area (Å²) in [5.74, 6) is 0.431. The van der Waals surface area contributed by atoms with Gasteiger partial charge in [-0.3, -0.25) is 4.79 Å². The summed E-state index contributed by atoms with van der Waals surface area (Å²) in [5, 5.41) is 2.95. The first-order valence-electron chi connectivity index (χ1n) is 6.46. The number of nitrogens with one attached hydrogen (secondary N) is 1. The second kappa shape index (κ2) is 6.52. The summed E-state index contributed by atoms with van der Waals surface area (Å²) in [6.45, 7) is 0. The van der Waals surface area contributed by atoms with Crippen LogP contribution in [0, 0.1) is 9.49 Å². The molecule has 3 nitrogen and oxygen atoms in total. The fraction of sp³-hybridized carbons (Fsp3) is 0.500. The highest BCUT2D eigenvalue weighted by Gasteiger charge is 2.24. The molecule has 1 aromatic rings. The van der Waals surface area contributed by atoms with Crippen LogP contribution in [0.5, 0.6) is 0 Å². The van der Waals surface area contributed by atoms with Crippen LogP contribution in [-0.4, -0.2) is 11.9 Å². The van der Waals surface area contributed by atoms with E-state index < -0.39 is 0 Å². The third-order valence-corrected chi connectivity index (χ3v) is 4.19.